The van der Waals surface area contributed by atoms with Crippen LogP contribution in [0.2, 0.25) is 38.3 Å². The molecule has 0 bridgehead atoms. The van der Waals surface area contributed by atoms with Crippen LogP contribution in [0.4, 0.5) is 0 Å². The van der Waals surface area contributed by atoms with Crippen molar-refractivity contribution in [3.63, 3.8) is 0 Å². The molecule has 0 radical (unpaired) electrons. The van der Waals surface area contributed by atoms with Crippen molar-refractivity contribution in [3.8, 4) is 0 Å². The molecule has 0 aliphatic heterocycles. The van der Waals surface area contributed by atoms with Crippen LogP contribution in [0.25, 0.3) is 0 Å². The van der Waals surface area contributed by atoms with E-state index in [9.17, 15) is 9.59 Å². The molecule has 0 atom stereocenters. The Morgan fingerprint density at radius 3 is 2.07 bits per heavy atom. The van der Waals surface area contributed by atoms with Gasteiger partial charge in [0.2, 0.25) is 0 Å². The molecule has 0 unspecified atom stereocenters. The standard InChI is InChI=1S/C20H36N2O3Si2/c1-17(23)18-10-7-11-19(16-18)20(24)22-13-9-15-27(5,6)25-26(3,4)14-8-12-21-2/h7,10-11,16,21H,8-9,12-15H2,1-6H3,(H,22,24). The Bertz CT molecular complexity index is 633. The van der Waals surface area contributed by atoms with Crippen molar-refractivity contribution < 1.29 is 13.7 Å². The average molecular weight is 409 g/mol. The Kier molecular flexibility index (Phi) is 9.59. The minimum Gasteiger partial charge on any atom is -0.455 e. The fourth-order valence-corrected chi connectivity index (χ4v) is 12.1. The summed E-state index contributed by atoms with van der Waals surface area (Å²) < 4.78 is 6.61. The highest BCUT2D eigenvalue weighted by atomic mass is 28.4. The van der Waals surface area contributed by atoms with Crippen molar-refractivity contribution >= 4 is 28.3 Å². The molecule has 0 saturated heterocycles. The lowest BCUT2D eigenvalue weighted by Gasteiger charge is -2.34. The third-order valence-corrected chi connectivity index (χ3v) is 12.1. The highest BCUT2D eigenvalue weighted by Crippen LogP contribution is 2.23. The van der Waals surface area contributed by atoms with Crippen LogP contribution >= 0.6 is 0 Å². The number of rotatable bonds is 12. The molecular formula is C20H36N2O3Si2. The van der Waals surface area contributed by atoms with Crippen LogP contribution in [0.15, 0.2) is 24.3 Å². The van der Waals surface area contributed by atoms with E-state index in [1.807, 2.05) is 7.05 Å². The first-order valence-electron chi connectivity index (χ1n) is 9.80. The van der Waals surface area contributed by atoms with Crippen LogP contribution in [-0.4, -0.2) is 48.5 Å². The molecule has 1 amide bonds. The molecule has 0 saturated carbocycles. The number of carbonyl (C=O) groups is 2. The summed E-state index contributed by atoms with van der Waals surface area (Å²) in [6.45, 7) is 12.3. The lowest BCUT2D eigenvalue weighted by Crippen LogP contribution is -2.44. The molecular weight excluding hydrogens is 372 g/mol. The fraction of sp³-hybridized carbons (Fsp3) is 0.600. The fourth-order valence-electron chi connectivity index (χ4n) is 3.24. The quantitative estimate of drug-likeness (QED) is 0.311. The van der Waals surface area contributed by atoms with Gasteiger partial charge < -0.3 is 14.7 Å². The van der Waals surface area contributed by atoms with E-state index < -0.39 is 16.6 Å². The summed E-state index contributed by atoms with van der Waals surface area (Å²) in [7, 11) is -1.37. The number of hydrogen-bond donors (Lipinski definition) is 2. The molecule has 1 aromatic carbocycles. The normalized spacial score (nSPS) is 12.1. The van der Waals surface area contributed by atoms with Crippen LogP contribution in [0.5, 0.6) is 0 Å². The van der Waals surface area contributed by atoms with E-state index in [4.69, 9.17) is 4.12 Å². The summed E-state index contributed by atoms with van der Waals surface area (Å²) in [5.74, 6) is -0.156. The van der Waals surface area contributed by atoms with E-state index in [1.165, 1.54) is 13.0 Å². The SMILES string of the molecule is CNCCC[Si](C)(C)O[Si](C)(C)CCCNC(=O)c1cccc(C(C)=O)c1. The molecule has 0 spiro atoms. The molecule has 0 aliphatic carbocycles. The van der Waals surface area contributed by atoms with E-state index in [-0.39, 0.29) is 11.7 Å². The molecule has 5 nitrogen and oxygen atoms in total. The van der Waals surface area contributed by atoms with Crippen molar-refractivity contribution in [3.05, 3.63) is 35.4 Å². The van der Waals surface area contributed by atoms with E-state index >= 15 is 0 Å². The number of hydrogen-bond acceptors (Lipinski definition) is 4. The molecule has 7 heteroatoms. The topological polar surface area (TPSA) is 67.4 Å². The van der Waals surface area contributed by atoms with Gasteiger partial charge >= 0.3 is 0 Å². The van der Waals surface area contributed by atoms with Crippen LogP contribution < -0.4 is 10.6 Å². The maximum absolute atomic E-state index is 12.3. The third-order valence-electron chi connectivity index (χ3n) is 4.53. The van der Waals surface area contributed by atoms with Gasteiger partial charge in [0.15, 0.2) is 22.4 Å². The first-order chi connectivity index (χ1) is 12.6. The zero-order valence-corrected chi connectivity index (χ0v) is 19.8. The summed E-state index contributed by atoms with van der Waals surface area (Å²) in [5.41, 5.74) is 1.10. The lowest BCUT2D eigenvalue weighted by molar-refractivity contribution is 0.0953. The Morgan fingerprint density at radius 2 is 1.52 bits per heavy atom. The van der Waals surface area contributed by atoms with Crippen molar-refractivity contribution in [2.45, 2.75) is 58.0 Å². The molecule has 0 aliphatic rings. The zero-order valence-electron chi connectivity index (χ0n) is 17.8. The Balaban J connectivity index is 2.42. The first kappa shape index (κ1) is 23.8. The van der Waals surface area contributed by atoms with Crippen molar-refractivity contribution in [1.29, 1.82) is 0 Å². The number of ketones is 1. The van der Waals surface area contributed by atoms with Crippen LogP contribution in [0.3, 0.4) is 0 Å². The molecule has 0 fully saturated rings. The van der Waals surface area contributed by atoms with Crippen LogP contribution in [0, 0.1) is 0 Å². The van der Waals surface area contributed by atoms with Gasteiger partial charge in [0.1, 0.15) is 0 Å². The maximum atomic E-state index is 12.3. The van der Waals surface area contributed by atoms with E-state index in [2.05, 4.69) is 36.8 Å². The van der Waals surface area contributed by atoms with Gasteiger partial charge in [0.05, 0.1) is 0 Å². The summed E-state index contributed by atoms with van der Waals surface area (Å²) in [6.07, 6.45) is 2.08. The lowest BCUT2D eigenvalue weighted by atomic mass is 10.1. The molecule has 1 rings (SSSR count). The number of Topliss-reactive ketones (excluding diaryl/α,β-unsaturated/α-hetero) is 1. The summed E-state index contributed by atoms with van der Waals surface area (Å²) >= 11 is 0. The maximum Gasteiger partial charge on any atom is 0.251 e. The minimum absolute atomic E-state index is 0.0314. The minimum atomic E-state index is -1.73. The third kappa shape index (κ3) is 9.46. The van der Waals surface area contributed by atoms with E-state index in [0.717, 1.165) is 25.4 Å². The molecule has 27 heavy (non-hydrogen) atoms. The van der Waals surface area contributed by atoms with Gasteiger partial charge in [-0.05, 0) is 83.8 Å². The summed E-state index contributed by atoms with van der Waals surface area (Å²) in [4.78, 5) is 23.7. The van der Waals surface area contributed by atoms with E-state index in [1.54, 1.807) is 24.3 Å². The average Bonchev–Trinajstić information content (AvgIpc) is 2.57. The van der Waals surface area contributed by atoms with Gasteiger partial charge in [-0.15, -0.1) is 0 Å². The van der Waals surface area contributed by atoms with Crippen LogP contribution in [-0.2, 0) is 4.12 Å². The molecule has 2 N–H and O–H groups in total. The smallest absolute Gasteiger partial charge is 0.251 e. The number of amides is 1. The van der Waals surface area contributed by atoms with Gasteiger partial charge in [0, 0.05) is 17.7 Å². The van der Waals surface area contributed by atoms with Gasteiger partial charge in [0.25, 0.3) is 5.91 Å². The summed E-state index contributed by atoms with van der Waals surface area (Å²) in [6, 6.07) is 9.07. The first-order valence-corrected chi connectivity index (χ1v) is 16.0. The van der Waals surface area contributed by atoms with Crippen molar-refractivity contribution in [1.82, 2.24) is 10.6 Å². The predicted octanol–water partition coefficient (Wildman–Crippen LogP) is 4.05. The number of nitrogens with one attached hydrogen (secondary N) is 2. The second-order valence-electron chi connectivity index (χ2n) is 8.32. The Labute approximate surface area is 166 Å². The van der Waals surface area contributed by atoms with Crippen molar-refractivity contribution in [2.75, 3.05) is 20.1 Å². The molecule has 1 aromatic rings. The van der Waals surface area contributed by atoms with Crippen molar-refractivity contribution in [2.24, 2.45) is 0 Å². The molecule has 152 valence electrons. The number of benzene rings is 1. The van der Waals surface area contributed by atoms with Gasteiger partial charge in [-0.25, -0.2) is 0 Å². The second-order valence-corrected chi connectivity index (χ2v) is 17.2. The predicted molar refractivity (Wildman–Crippen MR) is 118 cm³/mol. The Hall–Kier alpha value is -1.29. The van der Waals surface area contributed by atoms with Gasteiger partial charge in [-0.2, -0.15) is 0 Å². The van der Waals surface area contributed by atoms with Gasteiger partial charge in [-0.3, -0.25) is 9.59 Å². The molecule has 0 heterocycles. The second kappa shape index (κ2) is 10.9. The highest BCUT2D eigenvalue weighted by molar-refractivity contribution is 6.84. The summed E-state index contributed by atoms with van der Waals surface area (Å²) in [5, 5.41) is 6.16. The molecule has 0 aromatic heterocycles. The van der Waals surface area contributed by atoms with Crippen LogP contribution in [0.1, 0.15) is 40.5 Å². The van der Waals surface area contributed by atoms with E-state index in [0.29, 0.717) is 17.7 Å². The number of carbonyl (C=O) groups excluding carboxylic acids is 2. The highest BCUT2D eigenvalue weighted by Gasteiger charge is 2.32. The zero-order chi connectivity index (χ0) is 20.5. The van der Waals surface area contributed by atoms with Gasteiger partial charge in [-0.1, -0.05) is 12.1 Å². The Morgan fingerprint density at radius 1 is 0.963 bits per heavy atom. The largest absolute Gasteiger partial charge is 0.455 e. The monoisotopic (exact) mass is 408 g/mol.